The predicted octanol–water partition coefficient (Wildman–Crippen LogP) is 0.429. The molecule has 94 valence electrons. The Morgan fingerprint density at radius 3 is 3.00 bits per heavy atom. The molecule has 7 nitrogen and oxygen atoms in total. The number of nitrogens with zero attached hydrogens (tertiary/aromatic N) is 4. The average molecular weight is 247 g/mol. The molecule has 0 radical (unpaired) electrons. The van der Waals surface area contributed by atoms with Crippen LogP contribution in [0.4, 0.5) is 0 Å². The minimum atomic E-state index is 0.0532. The highest BCUT2D eigenvalue weighted by molar-refractivity contribution is 5.97. The van der Waals surface area contributed by atoms with Gasteiger partial charge in [0.05, 0.1) is 13.7 Å². The first-order valence-corrected chi connectivity index (χ1v) is 5.22. The Morgan fingerprint density at radius 1 is 1.56 bits per heavy atom. The van der Waals surface area contributed by atoms with E-state index in [0.29, 0.717) is 17.9 Å². The van der Waals surface area contributed by atoms with Crippen LogP contribution in [0, 0.1) is 0 Å². The number of benzene rings is 1. The number of rotatable bonds is 4. The van der Waals surface area contributed by atoms with Crippen LogP contribution in [0.1, 0.15) is 11.1 Å². The van der Waals surface area contributed by atoms with Crippen molar-refractivity contribution in [2.75, 3.05) is 7.11 Å². The zero-order valence-corrected chi connectivity index (χ0v) is 9.82. The Bertz CT molecular complexity index is 551. The zero-order valence-electron chi connectivity index (χ0n) is 9.82. The second kappa shape index (κ2) is 5.17. The summed E-state index contributed by atoms with van der Waals surface area (Å²) in [6.07, 6.45) is 3.06. The zero-order chi connectivity index (χ0) is 13.0. The topological polar surface area (TPSA) is 98.6 Å². The van der Waals surface area contributed by atoms with E-state index in [2.05, 4.69) is 15.2 Å². The third kappa shape index (κ3) is 2.40. The summed E-state index contributed by atoms with van der Waals surface area (Å²) in [7, 11) is 1.59. The molecule has 2 aromatic rings. The number of methoxy groups -OCH3 is 1. The molecule has 3 N–H and O–H groups in total. The minimum Gasteiger partial charge on any atom is -0.496 e. The first-order valence-electron chi connectivity index (χ1n) is 5.22. The van der Waals surface area contributed by atoms with Gasteiger partial charge >= 0.3 is 0 Å². The number of ether oxygens (including phenoxy) is 1. The summed E-state index contributed by atoms with van der Waals surface area (Å²) < 4.78 is 6.92. The molecule has 18 heavy (non-hydrogen) atoms. The van der Waals surface area contributed by atoms with Crippen molar-refractivity contribution in [2.45, 2.75) is 6.54 Å². The molecule has 0 amide bonds. The Labute approximate surface area is 104 Å². The maximum absolute atomic E-state index is 8.67. The van der Waals surface area contributed by atoms with Crippen LogP contribution in [0.5, 0.6) is 5.75 Å². The van der Waals surface area contributed by atoms with Crippen molar-refractivity contribution in [1.82, 2.24) is 14.8 Å². The SMILES string of the molecule is COc1ccc(/C(N)=N/O)cc1Cn1cncn1. The maximum atomic E-state index is 8.67. The van der Waals surface area contributed by atoms with Gasteiger partial charge in [-0.25, -0.2) is 9.67 Å². The number of amidine groups is 1. The number of hydrogen-bond donors (Lipinski definition) is 2. The summed E-state index contributed by atoms with van der Waals surface area (Å²) in [5.74, 6) is 0.762. The van der Waals surface area contributed by atoms with Gasteiger partial charge in [-0.1, -0.05) is 5.16 Å². The van der Waals surface area contributed by atoms with Crippen molar-refractivity contribution < 1.29 is 9.94 Å². The highest BCUT2D eigenvalue weighted by Crippen LogP contribution is 2.20. The van der Waals surface area contributed by atoms with Crippen molar-refractivity contribution in [3.63, 3.8) is 0 Å². The number of oxime groups is 1. The first-order chi connectivity index (χ1) is 8.74. The van der Waals surface area contributed by atoms with E-state index in [-0.39, 0.29) is 5.84 Å². The van der Waals surface area contributed by atoms with E-state index in [0.717, 1.165) is 5.56 Å². The van der Waals surface area contributed by atoms with Gasteiger partial charge in [0, 0.05) is 11.1 Å². The van der Waals surface area contributed by atoms with Gasteiger partial charge in [-0.15, -0.1) is 0 Å². The van der Waals surface area contributed by atoms with Gasteiger partial charge in [-0.2, -0.15) is 5.10 Å². The standard InChI is InChI=1S/C11H13N5O2/c1-18-10-3-2-8(11(12)15-17)4-9(10)5-16-7-13-6-14-16/h2-4,6-7,17H,5H2,1H3,(H2,12,15). The van der Waals surface area contributed by atoms with Gasteiger partial charge in [-0.3, -0.25) is 0 Å². The van der Waals surface area contributed by atoms with Crippen molar-refractivity contribution in [3.05, 3.63) is 42.0 Å². The molecule has 1 aromatic heterocycles. The highest BCUT2D eigenvalue weighted by Gasteiger charge is 2.08. The van der Waals surface area contributed by atoms with Crippen molar-refractivity contribution in [1.29, 1.82) is 0 Å². The van der Waals surface area contributed by atoms with E-state index >= 15 is 0 Å². The third-order valence-corrected chi connectivity index (χ3v) is 2.48. The second-order valence-electron chi connectivity index (χ2n) is 3.60. The van der Waals surface area contributed by atoms with Crippen LogP contribution in [0.3, 0.4) is 0 Å². The predicted molar refractivity (Wildman–Crippen MR) is 64.6 cm³/mol. The lowest BCUT2D eigenvalue weighted by Crippen LogP contribution is -2.14. The number of hydrogen-bond acceptors (Lipinski definition) is 5. The molecule has 0 bridgehead atoms. The van der Waals surface area contributed by atoms with E-state index in [1.54, 1.807) is 36.3 Å². The molecule has 1 heterocycles. The van der Waals surface area contributed by atoms with Gasteiger partial charge in [0.25, 0.3) is 0 Å². The first kappa shape index (κ1) is 11.9. The summed E-state index contributed by atoms with van der Waals surface area (Å²) in [6, 6.07) is 5.27. The summed E-state index contributed by atoms with van der Waals surface area (Å²) in [4.78, 5) is 3.87. The second-order valence-corrected chi connectivity index (χ2v) is 3.60. The summed E-state index contributed by atoms with van der Waals surface area (Å²) >= 11 is 0. The lowest BCUT2D eigenvalue weighted by atomic mass is 10.1. The number of nitrogens with two attached hydrogens (primary N) is 1. The molecule has 1 aromatic carbocycles. The molecule has 7 heteroatoms. The molecule has 0 saturated carbocycles. The summed E-state index contributed by atoms with van der Waals surface area (Å²) in [5.41, 5.74) is 7.04. The van der Waals surface area contributed by atoms with Gasteiger partial charge in [0.2, 0.25) is 0 Å². The van der Waals surface area contributed by atoms with Crippen LogP contribution in [0.25, 0.3) is 0 Å². The normalized spacial score (nSPS) is 11.5. The Hall–Kier alpha value is -2.57. The quantitative estimate of drug-likeness (QED) is 0.353. The molecule has 0 fully saturated rings. The van der Waals surface area contributed by atoms with Crippen LogP contribution >= 0.6 is 0 Å². The van der Waals surface area contributed by atoms with Crippen LogP contribution < -0.4 is 10.5 Å². The highest BCUT2D eigenvalue weighted by atomic mass is 16.5. The van der Waals surface area contributed by atoms with Gasteiger partial charge in [0.15, 0.2) is 5.84 Å². The Balaban J connectivity index is 2.36. The maximum Gasteiger partial charge on any atom is 0.170 e. The van der Waals surface area contributed by atoms with E-state index in [1.807, 2.05) is 0 Å². The van der Waals surface area contributed by atoms with Crippen LogP contribution in [0.2, 0.25) is 0 Å². The third-order valence-electron chi connectivity index (χ3n) is 2.48. The molecule has 0 saturated heterocycles. The molecule has 2 rings (SSSR count). The van der Waals surface area contributed by atoms with Gasteiger partial charge in [-0.05, 0) is 18.2 Å². The van der Waals surface area contributed by atoms with Crippen molar-refractivity contribution in [2.24, 2.45) is 10.9 Å². The van der Waals surface area contributed by atoms with E-state index in [1.165, 1.54) is 6.33 Å². The summed E-state index contributed by atoms with van der Waals surface area (Å²) in [5, 5.41) is 15.7. The van der Waals surface area contributed by atoms with E-state index < -0.39 is 0 Å². The summed E-state index contributed by atoms with van der Waals surface area (Å²) in [6.45, 7) is 0.496. The lowest BCUT2D eigenvalue weighted by Gasteiger charge is -2.10. The minimum absolute atomic E-state index is 0.0532. The molecule has 0 unspecified atom stereocenters. The Morgan fingerprint density at radius 2 is 2.39 bits per heavy atom. The largest absolute Gasteiger partial charge is 0.496 e. The molecule has 0 aliphatic heterocycles. The Kier molecular flexibility index (Phi) is 3.42. The monoisotopic (exact) mass is 247 g/mol. The van der Waals surface area contributed by atoms with Crippen molar-refractivity contribution in [3.8, 4) is 5.75 Å². The van der Waals surface area contributed by atoms with Gasteiger partial charge in [0.1, 0.15) is 18.4 Å². The van der Waals surface area contributed by atoms with E-state index in [4.69, 9.17) is 15.7 Å². The smallest absolute Gasteiger partial charge is 0.170 e. The molecule has 0 aliphatic carbocycles. The number of aromatic nitrogens is 3. The van der Waals surface area contributed by atoms with E-state index in [9.17, 15) is 0 Å². The van der Waals surface area contributed by atoms with Crippen LogP contribution in [-0.2, 0) is 6.54 Å². The fraction of sp³-hybridized carbons (Fsp3) is 0.182. The van der Waals surface area contributed by atoms with Gasteiger partial charge < -0.3 is 15.7 Å². The van der Waals surface area contributed by atoms with Crippen molar-refractivity contribution >= 4 is 5.84 Å². The fourth-order valence-electron chi connectivity index (χ4n) is 1.61. The fourth-order valence-corrected chi connectivity index (χ4v) is 1.61. The molecule has 0 aliphatic rings. The lowest BCUT2D eigenvalue weighted by molar-refractivity contribution is 0.318. The average Bonchev–Trinajstić information content (AvgIpc) is 2.90. The van der Waals surface area contributed by atoms with Crippen LogP contribution in [0.15, 0.2) is 36.0 Å². The molecular formula is C11H13N5O2. The van der Waals surface area contributed by atoms with Crippen LogP contribution in [-0.4, -0.2) is 32.9 Å². The molecule has 0 atom stereocenters. The molecular weight excluding hydrogens is 234 g/mol. The molecule has 0 spiro atoms.